The van der Waals surface area contributed by atoms with Gasteiger partial charge in [0.2, 0.25) is 0 Å². The Morgan fingerprint density at radius 1 is 1.56 bits per heavy atom. The molecule has 2 heterocycles. The Hall–Kier alpha value is -2.19. The lowest BCUT2D eigenvalue weighted by Gasteiger charge is -2.16. The molecule has 2 rings (SSSR count). The van der Waals surface area contributed by atoms with Gasteiger partial charge in [-0.2, -0.15) is 5.26 Å². The molecule has 2 aromatic heterocycles. The van der Waals surface area contributed by atoms with Crippen LogP contribution in [0.2, 0.25) is 0 Å². The van der Waals surface area contributed by atoms with Crippen LogP contribution >= 0.6 is 11.3 Å². The maximum Gasteiger partial charge on any atom is 0.254 e. The number of carbonyl (C=O) groups excluding carboxylic acids is 1. The Morgan fingerprint density at radius 3 is 3.06 bits per heavy atom. The van der Waals surface area contributed by atoms with E-state index < -0.39 is 0 Å². The molecule has 2 aromatic rings. The summed E-state index contributed by atoms with van der Waals surface area (Å²) in [5.74, 6) is -0.109. The van der Waals surface area contributed by atoms with E-state index in [1.807, 2.05) is 23.6 Å². The lowest BCUT2D eigenvalue weighted by atomic mass is 10.2. The summed E-state index contributed by atoms with van der Waals surface area (Å²) in [5.41, 5.74) is 0.742. The number of nitriles is 1. The highest BCUT2D eigenvalue weighted by molar-refractivity contribution is 7.09. The van der Waals surface area contributed by atoms with Crippen LogP contribution in [0.1, 0.15) is 20.9 Å². The van der Waals surface area contributed by atoms with Crippen molar-refractivity contribution < 1.29 is 4.79 Å². The van der Waals surface area contributed by atoms with Crippen LogP contribution < -0.4 is 0 Å². The molecule has 0 spiro atoms. The molecule has 0 fully saturated rings. The molecule has 0 radical (unpaired) electrons. The number of hydrogen-bond acceptors (Lipinski definition) is 4. The standard InChI is InChI=1S/C13H11N3OS/c1-16(9-12-3-2-6-18-12)13(17)10-4-5-15-11(7-10)8-14/h2-7H,9H2,1H3. The molecule has 4 nitrogen and oxygen atoms in total. The number of pyridine rings is 1. The number of aromatic nitrogens is 1. The quantitative estimate of drug-likeness (QED) is 0.847. The molecule has 0 aliphatic heterocycles. The maximum atomic E-state index is 12.1. The van der Waals surface area contributed by atoms with Crippen molar-refractivity contribution >= 4 is 17.2 Å². The second-order valence-electron chi connectivity index (χ2n) is 3.78. The molecule has 0 atom stereocenters. The van der Waals surface area contributed by atoms with Gasteiger partial charge in [-0.25, -0.2) is 4.98 Å². The molecular formula is C13H11N3OS. The van der Waals surface area contributed by atoms with Crippen molar-refractivity contribution in [2.75, 3.05) is 7.05 Å². The topological polar surface area (TPSA) is 57.0 Å². The lowest BCUT2D eigenvalue weighted by Crippen LogP contribution is -2.25. The molecule has 0 aliphatic carbocycles. The molecule has 0 saturated carbocycles. The monoisotopic (exact) mass is 257 g/mol. The van der Waals surface area contributed by atoms with Gasteiger partial charge in [-0.1, -0.05) is 6.07 Å². The number of rotatable bonds is 3. The summed E-state index contributed by atoms with van der Waals surface area (Å²) in [7, 11) is 1.74. The first-order chi connectivity index (χ1) is 8.70. The smallest absolute Gasteiger partial charge is 0.254 e. The van der Waals surface area contributed by atoms with Crippen molar-refractivity contribution in [2.24, 2.45) is 0 Å². The van der Waals surface area contributed by atoms with E-state index in [-0.39, 0.29) is 11.6 Å². The first-order valence-corrected chi connectivity index (χ1v) is 6.22. The zero-order valence-corrected chi connectivity index (χ0v) is 10.6. The molecule has 1 amide bonds. The normalized spacial score (nSPS) is 9.78. The van der Waals surface area contributed by atoms with E-state index in [4.69, 9.17) is 5.26 Å². The minimum atomic E-state index is -0.109. The third kappa shape index (κ3) is 2.73. The highest BCUT2D eigenvalue weighted by atomic mass is 32.1. The lowest BCUT2D eigenvalue weighted by molar-refractivity contribution is 0.0786. The van der Waals surface area contributed by atoms with Crippen molar-refractivity contribution in [3.63, 3.8) is 0 Å². The second-order valence-corrected chi connectivity index (χ2v) is 4.81. The Labute approximate surface area is 109 Å². The van der Waals surface area contributed by atoms with Crippen LogP contribution in [-0.2, 0) is 6.54 Å². The third-order valence-electron chi connectivity index (χ3n) is 2.44. The Balaban J connectivity index is 2.13. The molecule has 0 bridgehead atoms. The highest BCUT2D eigenvalue weighted by Gasteiger charge is 2.13. The fourth-order valence-corrected chi connectivity index (χ4v) is 2.31. The van der Waals surface area contributed by atoms with Crippen molar-refractivity contribution in [2.45, 2.75) is 6.54 Å². The van der Waals surface area contributed by atoms with E-state index in [9.17, 15) is 4.79 Å². The third-order valence-corrected chi connectivity index (χ3v) is 3.30. The highest BCUT2D eigenvalue weighted by Crippen LogP contribution is 2.13. The van der Waals surface area contributed by atoms with Crippen LogP contribution in [-0.4, -0.2) is 22.8 Å². The van der Waals surface area contributed by atoms with Crippen LogP contribution in [0.5, 0.6) is 0 Å². The van der Waals surface area contributed by atoms with Crippen LogP contribution in [0.25, 0.3) is 0 Å². The fourth-order valence-electron chi connectivity index (χ4n) is 1.55. The van der Waals surface area contributed by atoms with E-state index in [0.717, 1.165) is 4.88 Å². The van der Waals surface area contributed by atoms with Gasteiger partial charge >= 0.3 is 0 Å². The largest absolute Gasteiger partial charge is 0.337 e. The summed E-state index contributed by atoms with van der Waals surface area (Å²) < 4.78 is 0. The summed E-state index contributed by atoms with van der Waals surface area (Å²) in [6, 6.07) is 9.00. The van der Waals surface area contributed by atoms with Crippen LogP contribution in [0.3, 0.4) is 0 Å². The zero-order valence-electron chi connectivity index (χ0n) is 9.83. The summed E-state index contributed by atoms with van der Waals surface area (Å²) in [4.78, 5) is 18.7. The second kappa shape index (κ2) is 5.43. The van der Waals surface area contributed by atoms with Gasteiger partial charge in [0.1, 0.15) is 11.8 Å². The van der Waals surface area contributed by atoms with Gasteiger partial charge < -0.3 is 4.90 Å². The molecule has 5 heteroatoms. The van der Waals surface area contributed by atoms with Gasteiger partial charge in [0.25, 0.3) is 5.91 Å². The molecule has 0 N–H and O–H groups in total. The fraction of sp³-hybridized carbons (Fsp3) is 0.154. The number of thiophene rings is 1. The summed E-state index contributed by atoms with van der Waals surface area (Å²) in [6.07, 6.45) is 1.48. The van der Waals surface area contributed by atoms with Crippen LogP contribution in [0.4, 0.5) is 0 Å². The van der Waals surface area contributed by atoms with Gasteiger partial charge in [0.05, 0.1) is 6.54 Å². The van der Waals surface area contributed by atoms with E-state index >= 15 is 0 Å². The molecule has 0 unspecified atom stereocenters. The molecule has 0 aromatic carbocycles. The SMILES string of the molecule is CN(Cc1cccs1)C(=O)c1ccnc(C#N)c1. The van der Waals surface area contributed by atoms with Crippen molar-refractivity contribution in [1.82, 2.24) is 9.88 Å². The zero-order chi connectivity index (χ0) is 13.0. The maximum absolute atomic E-state index is 12.1. The molecule has 0 saturated heterocycles. The molecule has 0 aliphatic rings. The summed E-state index contributed by atoms with van der Waals surface area (Å²) in [5, 5.41) is 10.7. The Bertz CT molecular complexity index is 587. The number of hydrogen-bond donors (Lipinski definition) is 0. The number of amides is 1. The first-order valence-electron chi connectivity index (χ1n) is 5.34. The van der Waals surface area contributed by atoms with Crippen molar-refractivity contribution in [3.05, 3.63) is 52.0 Å². The van der Waals surface area contributed by atoms with Gasteiger partial charge in [0.15, 0.2) is 0 Å². The average Bonchev–Trinajstić information content (AvgIpc) is 2.90. The van der Waals surface area contributed by atoms with Gasteiger partial charge in [0, 0.05) is 23.7 Å². The first kappa shape index (κ1) is 12.3. The molecule has 90 valence electrons. The van der Waals surface area contributed by atoms with E-state index in [1.165, 1.54) is 12.3 Å². The van der Waals surface area contributed by atoms with E-state index in [1.54, 1.807) is 29.4 Å². The van der Waals surface area contributed by atoms with Crippen LogP contribution in [0, 0.1) is 11.3 Å². The average molecular weight is 257 g/mol. The van der Waals surface area contributed by atoms with Gasteiger partial charge in [-0.05, 0) is 23.6 Å². The minimum Gasteiger partial charge on any atom is -0.337 e. The van der Waals surface area contributed by atoms with Gasteiger partial charge in [-0.15, -0.1) is 11.3 Å². The number of nitrogens with zero attached hydrogens (tertiary/aromatic N) is 3. The Morgan fingerprint density at radius 2 is 2.39 bits per heavy atom. The predicted octanol–water partition coefficient (Wildman–Crippen LogP) is 2.29. The summed E-state index contributed by atoms with van der Waals surface area (Å²) >= 11 is 1.61. The summed E-state index contributed by atoms with van der Waals surface area (Å²) in [6.45, 7) is 0.570. The molecular weight excluding hydrogens is 246 g/mol. The predicted molar refractivity (Wildman–Crippen MR) is 69.1 cm³/mol. The van der Waals surface area contributed by atoms with Crippen molar-refractivity contribution in [3.8, 4) is 6.07 Å². The number of carbonyl (C=O) groups is 1. The Kier molecular flexibility index (Phi) is 3.70. The minimum absolute atomic E-state index is 0.109. The van der Waals surface area contributed by atoms with Crippen molar-refractivity contribution in [1.29, 1.82) is 5.26 Å². The molecule has 18 heavy (non-hydrogen) atoms. The van der Waals surface area contributed by atoms with E-state index in [2.05, 4.69) is 4.98 Å². The van der Waals surface area contributed by atoms with Gasteiger partial charge in [-0.3, -0.25) is 4.79 Å². The van der Waals surface area contributed by atoms with E-state index in [0.29, 0.717) is 12.1 Å². The van der Waals surface area contributed by atoms with Crippen LogP contribution in [0.15, 0.2) is 35.8 Å².